The number of nitrogens with one attached hydrogen (secondary N) is 1. The SMILES string of the molecule is CCn1c(CN2CCN(C)CC2)nc2cc(NC(=O)COc3ccc(Cl)c(C)c3)ccc21. The number of piperazine rings is 1. The molecule has 1 aliphatic heterocycles. The van der Waals surface area contributed by atoms with Gasteiger partial charge in [0, 0.05) is 43.4 Å². The molecule has 3 aromatic rings. The number of anilines is 1. The summed E-state index contributed by atoms with van der Waals surface area (Å²) in [6.45, 7) is 9.94. The molecule has 1 aromatic heterocycles. The molecule has 0 atom stereocenters. The Balaban J connectivity index is 1.42. The van der Waals surface area contributed by atoms with Crippen LogP contribution in [0.5, 0.6) is 5.75 Å². The number of hydrogen-bond acceptors (Lipinski definition) is 5. The minimum atomic E-state index is -0.218. The molecule has 170 valence electrons. The summed E-state index contributed by atoms with van der Waals surface area (Å²) in [4.78, 5) is 22.1. The van der Waals surface area contributed by atoms with E-state index in [9.17, 15) is 4.79 Å². The second-order valence-electron chi connectivity index (χ2n) is 8.30. The van der Waals surface area contributed by atoms with Crippen molar-refractivity contribution >= 4 is 34.2 Å². The predicted octanol–water partition coefficient (Wildman–Crippen LogP) is 3.78. The normalized spacial score (nSPS) is 15.2. The fourth-order valence-corrected chi connectivity index (χ4v) is 4.11. The highest BCUT2D eigenvalue weighted by molar-refractivity contribution is 6.31. The Morgan fingerprint density at radius 1 is 1.16 bits per heavy atom. The number of rotatable bonds is 7. The molecule has 2 heterocycles. The minimum absolute atomic E-state index is 0.0723. The molecule has 1 N–H and O–H groups in total. The number of aryl methyl sites for hydroxylation is 2. The van der Waals surface area contributed by atoms with Crippen molar-refractivity contribution in [3.63, 3.8) is 0 Å². The van der Waals surface area contributed by atoms with Crippen molar-refractivity contribution in [3.8, 4) is 5.75 Å². The van der Waals surface area contributed by atoms with Crippen molar-refractivity contribution in [1.29, 1.82) is 0 Å². The van der Waals surface area contributed by atoms with Crippen LogP contribution < -0.4 is 10.1 Å². The van der Waals surface area contributed by atoms with Gasteiger partial charge in [0.15, 0.2) is 6.61 Å². The summed E-state index contributed by atoms with van der Waals surface area (Å²) in [5, 5.41) is 3.58. The van der Waals surface area contributed by atoms with Gasteiger partial charge >= 0.3 is 0 Å². The maximum Gasteiger partial charge on any atom is 0.262 e. The lowest BCUT2D eigenvalue weighted by Gasteiger charge is -2.32. The molecule has 0 spiro atoms. The molecular formula is C24H30ClN5O2. The molecule has 4 rings (SSSR count). The van der Waals surface area contributed by atoms with Crippen molar-refractivity contribution in [3.05, 3.63) is 52.8 Å². The van der Waals surface area contributed by atoms with Crippen molar-refractivity contribution in [2.24, 2.45) is 0 Å². The zero-order valence-corrected chi connectivity index (χ0v) is 19.7. The van der Waals surface area contributed by atoms with Crippen molar-refractivity contribution in [1.82, 2.24) is 19.4 Å². The third-order valence-electron chi connectivity index (χ3n) is 5.89. The average Bonchev–Trinajstić information content (AvgIpc) is 3.12. The van der Waals surface area contributed by atoms with Gasteiger partial charge in [0.2, 0.25) is 0 Å². The molecule has 0 bridgehead atoms. The molecule has 1 fully saturated rings. The van der Waals surface area contributed by atoms with Crippen LogP contribution in [0.1, 0.15) is 18.3 Å². The third kappa shape index (κ3) is 5.23. The van der Waals surface area contributed by atoms with Crippen LogP contribution in [-0.2, 0) is 17.9 Å². The van der Waals surface area contributed by atoms with E-state index in [4.69, 9.17) is 21.3 Å². The molecule has 1 amide bonds. The summed E-state index contributed by atoms with van der Waals surface area (Å²) in [6.07, 6.45) is 0. The van der Waals surface area contributed by atoms with E-state index >= 15 is 0 Å². The van der Waals surface area contributed by atoms with Gasteiger partial charge in [0.25, 0.3) is 5.91 Å². The molecule has 0 unspecified atom stereocenters. The predicted molar refractivity (Wildman–Crippen MR) is 128 cm³/mol. The van der Waals surface area contributed by atoms with Gasteiger partial charge in [0.1, 0.15) is 11.6 Å². The summed E-state index contributed by atoms with van der Waals surface area (Å²) >= 11 is 6.03. The Kier molecular flexibility index (Phi) is 6.98. The summed E-state index contributed by atoms with van der Waals surface area (Å²) in [5.41, 5.74) is 3.60. The first-order valence-corrected chi connectivity index (χ1v) is 11.4. The summed E-state index contributed by atoms with van der Waals surface area (Å²) < 4.78 is 7.85. The number of likely N-dealkylation sites (N-methyl/N-ethyl adjacent to an activating group) is 1. The maximum absolute atomic E-state index is 12.4. The lowest BCUT2D eigenvalue weighted by atomic mass is 10.2. The van der Waals surface area contributed by atoms with Crippen LogP contribution >= 0.6 is 11.6 Å². The van der Waals surface area contributed by atoms with Crippen LogP contribution in [0.4, 0.5) is 5.69 Å². The van der Waals surface area contributed by atoms with Crippen LogP contribution in [0.3, 0.4) is 0 Å². The van der Waals surface area contributed by atoms with Crippen LogP contribution in [0.25, 0.3) is 11.0 Å². The molecular weight excluding hydrogens is 426 g/mol. The number of fused-ring (bicyclic) bond motifs is 1. The van der Waals surface area contributed by atoms with E-state index in [0.717, 1.165) is 61.7 Å². The van der Waals surface area contributed by atoms with Gasteiger partial charge in [-0.05, 0) is 62.9 Å². The number of nitrogens with zero attached hydrogens (tertiary/aromatic N) is 4. The summed E-state index contributed by atoms with van der Waals surface area (Å²) in [5.74, 6) is 1.47. The fourth-order valence-electron chi connectivity index (χ4n) is 3.99. The minimum Gasteiger partial charge on any atom is -0.484 e. The van der Waals surface area contributed by atoms with Crippen molar-refractivity contribution in [2.45, 2.75) is 26.9 Å². The second kappa shape index (κ2) is 9.90. The largest absolute Gasteiger partial charge is 0.484 e. The van der Waals surface area contributed by atoms with E-state index in [2.05, 4.69) is 33.7 Å². The summed E-state index contributed by atoms with van der Waals surface area (Å²) in [6, 6.07) is 11.2. The number of amides is 1. The van der Waals surface area contributed by atoms with E-state index in [1.165, 1.54) is 0 Å². The van der Waals surface area contributed by atoms with Gasteiger partial charge < -0.3 is 19.5 Å². The molecule has 32 heavy (non-hydrogen) atoms. The number of carbonyl (C=O) groups excluding carboxylic acids is 1. The number of aromatic nitrogens is 2. The van der Waals surface area contributed by atoms with E-state index in [1.54, 1.807) is 12.1 Å². The number of carbonyl (C=O) groups is 1. The highest BCUT2D eigenvalue weighted by atomic mass is 35.5. The van der Waals surface area contributed by atoms with Gasteiger partial charge in [-0.25, -0.2) is 4.98 Å². The lowest BCUT2D eigenvalue weighted by molar-refractivity contribution is -0.118. The molecule has 0 saturated carbocycles. The molecule has 1 aliphatic rings. The number of hydrogen-bond donors (Lipinski definition) is 1. The zero-order valence-electron chi connectivity index (χ0n) is 18.9. The molecule has 1 saturated heterocycles. The molecule has 7 nitrogen and oxygen atoms in total. The standard InChI is InChI=1S/C24H30ClN5O2/c1-4-30-22-8-5-18(26-24(31)16-32-19-6-7-20(25)17(2)13-19)14-21(22)27-23(30)15-29-11-9-28(3)10-12-29/h5-8,13-14H,4,9-12,15-16H2,1-3H3,(H,26,31). The van der Waals surface area contributed by atoms with Crippen LogP contribution in [0, 0.1) is 6.92 Å². The van der Waals surface area contributed by atoms with Crippen LogP contribution in [0.2, 0.25) is 5.02 Å². The number of benzene rings is 2. The summed E-state index contributed by atoms with van der Waals surface area (Å²) in [7, 11) is 2.16. The topological polar surface area (TPSA) is 62.6 Å². The first kappa shape index (κ1) is 22.6. The Morgan fingerprint density at radius 3 is 2.66 bits per heavy atom. The Morgan fingerprint density at radius 2 is 1.94 bits per heavy atom. The second-order valence-corrected chi connectivity index (χ2v) is 8.71. The Bertz CT molecular complexity index is 1110. The average molecular weight is 456 g/mol. The highest BCUT2D eigenvalue weighted by Crippen LogP contribution is 2.23. The Hall–Kier alpha value is -2.61. The molecule has 2 aromatic carbocycles. The van der Waals surface area contributed by atoms with Gasteiger partial charge in [-0.1, -0.05) is 11.6 Å². The number of imidazole rings is 1. The van der Waals surface area contributed by atoms with Crippen LogP contribution in [-0.4, -0.2) is 65.1 Å². The van der Waals surface area contributed by atoms with Gasteiger partial charge in [-0.3, -0.25) is 9.69 Å². The first-order chi connectivity index (χ1) is 15.4. The van der Waals surface area contributed by atoms with Crippen molar-refractivity contribution < 1.29 is 9.53 Å². The van der Waals surface area contributed by atoms with Crippen LogP contribution in [0.15, 0.2) is 36.4 Å². The van der Waals surface area contributed by atoms with Gasteiger partial charge in [0.05, 0.1) is 17.6 Å². The van der Waals surface area contributed by atoms with E-state index in [1.807, 2.05) is 31.2 Å². The number of ether oxygens (including phenoxy) is 1. The third-order valence-corrected chi connectivity index (χ3v) is 6.31. The molecule has 0 radical (unpaired) electrons. The lowest BCUT2D eigenvalue weighted by Crippen LogP contribution is -2.44. The smallest absolute Gasteiger partial charge is 0.262 e. The quantitative estimate of drug-likeness (QED) is 0.587. The molecule has 8 heteroatoms. The monoisotopic (exact) mass is 455 g/mol. The van der Waals surface area contributed by atoms with Gasteiger partial charge in [-0.15, -0.1) is 0 Å². The van der Waals surface area contributed by atoms with Gasteiger partial charge in [-0.2, -0.15) is 0 Å². The van der Waals surface area contributed by atoms with E-state index < -0.39 is 0 Å². The zero-order chi connectivity index (χ0) is 22.7. The molecule has 0 aliphatic carbocycles. The first-order valence-electron chi connectivity index (χ1n) is 11.0. The van der Waals surface area contributed by atoms with E-state index in [-0.39, 0.29) is 12.5 Å². The fraction of sp³-hybridized carbons (Fsp3) is 0.417. The maximum atomic E-state index is 12.4. The Labute approximate surface area is 193 Å². The highest BCUT2D eigenvalue weighted by Gasteiger charge is 2.18. The van der Waals surface area contributed by atoms with Crippen molar-refractivity contribution in [2.75, 3.05) is 45.2 Å². The van der Waals surface area contributed by atoms with E-state index in [0.29, 0.717) is 16.5 Å². The number of halogens is 1.